The number of sulfonamides is 1. The second-order valence-corrected chi connectivity index (χ2v) is 7.57. The smallest absolute Gasteiger partial charge is 0.233 e. The van der Waals surface area contributed by atoms with Crippen LogP contribution in [0.25, 0.3) is 0 Å². The van der Waals surface area contributed by atoms with Crippen molar-refractivity contribution in [3.8, 4) is 0 Å². The molecular weight excluding hydrogens is 312 g/mol. The van der Waals surface area contributed by atoms with Gasteiger partial charge in [-0.05, 0) is 43.4 Å². The second-order valence-electron chi connectivity index (χ2n) is 5.73. The lowest BCUT2D eigenvalue weighted by molar-refractivity contribution is 0.598. The molecule has 7 heteroatoms. The van der Waals surface area contributed by atoms with E-state index in [1.54, 1.807) is 12.1 Å². The Bertz CT molecular complexity index is 728. The third-order valence-electron chi connectivity index (χ3n) is 3.58. The minimum Gasteiger partial charge on any atom is -0.366 e. The van der Waals surface area contributed by atoms with Gasteiger partial charge in [0.25, 0.3) is 0 Å². The standard InChI is InChI=1S/C16H20N4O2S/c21-23(22,12-4-7-13-5-2-1-3-6-13)20-16-11-10-15(18-19-16)17-14-8-9-14/h1-3,5-6,10-11,14H,4,7-9,12H2,(H,17,18)(H,19,20). The number of anilines is 2. The van der Waals surface area contributed by atoms with Gasteiger partial charge in [-0.25, -0.2) is 8.42 Å². The Labute approximate surface area is 136 Å². The van der Waals surface area contributed by atoms with Crippen molar-refractivity contribution in [2.75, 3.05) is 15.8 Å². The minimum absolute atomic E-state index is 0.0612. The van der Waals surface area contributed by atoms with Gasteiger partial charge in [0.15, 0.2) is 5.82 Å². The van der Waals surface area contributed by atoms with Gasteiger partial charge in [-0.15, -0.1) is 10.2 Å². The summed E-state index contributed by atoms with van der Waals surface area (Å²) in [6, 6.07) is 13.7. The molecule has 0 amide bonds. The van der Waals surface area contributed by atoms with Gasteiger partial charge in [0, 0.05) is 6.04 Å². The van der Waals surface area contributed by atoms with Crippen LogP contribution in [0, 0.1) is 0 Å². The van der Waals surface area contributed by atoms with Crippen molar-refractivity contribution in [3.05, 3.63) is 48.0 Å². The molecule has 0 spiro atoms. The number of aromatic nitrogens is 2. The average Bonchev–Trinajstić information content (AvgIpc) is 3.34. The Balaban J connectivity index is 1.49. The molecule has 1 aliphatic rings. The number of rotatable bonds is 8. The van der Waals surface area contributed by atoms with Gasteiger partial charge in [0.05, 0.1) is 5.75 Å². The van der Waals surface area contributed by atoms with Crippen LogP contribution in [-0.2, 0) is 16.4 Å². The first kappa shape index (κ1) is 15.7. The van der Waals surface area contributed by atoms with E-state index in [0.29, 0.717) is 18.3 Å². The topological polar surface area (TPSA) is 84.0 Å². The molecule has 0 radical (unpaired) electrons. The Morgan fingerprint density at radius 1 is 1.00 bits per heavy atom. The molecule has 3 rings (SSSR count). The van der Waals surface area contributed by atoms with E-state index in [4.69, 9.17) is 0 Å². The average molecular weight is 332 g/mol. The Morgan fingerprint density at radius 2 is 1.70 bits per heavy atom. The van der Waals surface area contributed by atoms with Crippen LogP contribution < -0.4 is 10.0 Å². The number of nitrogens with zero attached hydrogens (tertiary/aromatic N) is 2. The van der Waals surface area contributed by atoms with Crippen molar-refractivity contribution in [2.24, 2.45) is 0 Å². The summed E-state index contributed by atoms with van der Waals surface area (Å²) in [5.41, 5.74) is 1.14. The third-order valence-corrected chi connectivity index (χ3v) is 4.92. The SMILES string of the molecule is O=S(=O)(CCCc1ccccc1)Nc1ccc(NC2CC2)nn1. The zero-order valence-electron chi connectivity index (χ0n) is 12.8. The summed E-state index contributed by atoms with van der Waals surface area (Å²) < 4.78 is 26.6. The zero-order valence-corrected chi connectivity index (χ0v) is 13.6. The first-order valence-electron chi connectivity index (χ1n) is 7.75. The van der Waals surface area contributed by atoms with Crippen molar-refractivity contribution < 1.29 is 8.42 Å². The van der Waals surface area contributed by atoms with Crippen LogP contribution in [0.1, 0.15) is 24.8 Å². The molecule has 1 saturated carbocycles. The van der Waals surface area contributed by atoms with E-state index in [-0.39, 0.29) is 11.6 Å². The lowest BCUT2D eigenvalue weighted by Gasteiger charge is -2.08. The molecule has 1 aromatic heterocycles. The van der Waals surface area contributed by atoms with Crippen molar-refractivity contribution in [2.45, 2.75) is 31.7 Å². The predicted molar refractivity (Wildman–Crippen MR) is 90.8 cm³/mol. The van der Waals surface area contributed by atoms with Gasteiger partial charge >= 0.3 is 0 Å². The van der Waals surface area contributed by atoms with Crippen LogP contribution in [0.5, 0.6) is 0 Å². The molecule has 0 aliphatic heterocycles. The normalized spacial score (nSPS) is 14.4. The quantitative estimate of drug-likeness (QED) is 0.775. The highest BCUT2D eigenvalue weighted by molar-refractivity contribution is 7.92. The summed E-state index contributed by atoms with van der Waals surface area (Å²) in [7, 11) is -3.40. The third kappa shape index (κ3) is 5.21. The molecule has 1 fully saturated rings. The maximum atomic E-state index is 12.1. The maximum Gasteiger partial charge on any atom is 0.233 e. The van der Waals surface area contributed by atoms with Crippen LogP contribution in [0.15, 0.2) is 42.5 Å². The van der Waals surface area contributed by atoms with Gasteiger partial charge in [-0.1, -0.05) is 30.3 Å². The van der Waals surface area contributed by atoms with Crippen LogP contribution in [0.4, 0.5) is 11.6 Å². The second kappa shape index (κ2) is 6.95. The van der Waals surface area contributed by atoms with E-state index in [2.05, 4.69) is 20.2 Å². The van der Waals surface area contributed by atoms with Gasteiger partial charge in [0.2, 0.25) is 10.0 Å². The van der Waals surface area contributed by atoms with E-state index in [9.17, 15) is 8.42 Å². The summed E-state index contributed by atoms with van der Waals surface area (Å²) in [6.45, 7) is 0. The molecule has 0 atom stereocenters. The number of benzene rings is 1. The van der Waals surface area contributed by atoms with Gasteiger partial charge in [-0.3, -0.25) is 4.72 Å². The Hall–Kier alpha value is -2.15. The van der Waals surface area contributed by atoms with Crippen LogP contribution in [0.2, 0.25) is 0 Å². The molecule has 1 heterocycles. The van der Waals surface area contributed by atoms with Gasteiger partial charge in [-0.2, -0.15) is 0 Å². The molecule has 2 aromatic rings. The van der Waals surface area contributed by atoms with Gasteiger partial charge < -0.3 is 5.32 Å². The first-order chi connectivity index (χ1) is 11.1. The molecule has 122 valence electrons. The molecule has 6 nitrogen and oxygen atoms in total. The van der Waals surface area contributed by atoms with E-state index in [1.165, 1.54) is 0 Å². The molecule has 0 bridgehead atoms. The van der Waals surface area contributed by atoms with E-state index in [0.717, 1.165) is 24.8 Å². The van der Waals surface area contributed by atoms with Crippen LogP contribution in [0.3, 0.4) is 0 Å². The highest BCUT2D eigenvalue weighted by Gasteiger charge is 2.21. The van der Waals surface area contributed by atoms with E-state index < -0.39 is 10.0 Å². The number of hydrogen-bond donors (Lipinski definition) is 2. The van der Waals surface area contributed by atoms with Crippen molar-refractivity contribution in [1.29, 1.82) is 0 Å². The Kier molecular flexibility index (Phi) is 4.76. The highest BCUT2D eigenvalue weighted by atomic mass is 32.2. The lowest BCUT2D eigenvalue weighted by atomic mass is 10.1. The first-order valence-corrected chi connectivity index (χ1v) is 9.41. The molecule has 23 heavy (non-hydrogen) atoms. The largest absolute Gasteiger partial charge is 0.366 e. The maximum absolute atomic E-state index is 12.1. The fraction of sp³-hybridized carbons (Fsp3) is 0.375. The highest BCUT2D eigenvalue weighted by Crippen LogP contribution is 2.23. The van der Waals surface area contributed by atoms with Crippen molar-refractivity contribution in [1.82, 2.24) is 10.2 Å². The predicted octanol–water partition coefficient (Wildman–Crippen LogP) is 2.43. The molecule has 1 aromatic carbocycles. The summed E-state index contributed by atoms with van der Waals surface area (Å²) in [5, 5.41) is 11.1. The summed E-state index contributed by atoms with van der Waals surface area (Å²) in [5.74, 6) is 0.997. The van der Waals surface area contributed by atoms with Crippen molar-refractivity contribution in [3.63, 3.8) is 0 Å². The fourth-order valence-corrected chi connectivity index (χ4v) is 3.28. The molecule has 0 unspecified atom stereocenters. The number of aryl methyl sites for hydroxylation is 1. The summed E-state index contributed by atoms with van der Waals surface area (Å²) >= 11 is 0. The molecule has 2 N–H and O–H groups in total. The number of hydrogen-bond acceptors (Lipinski definition) is 5. The van der Waals surface area contributed by atoms with Crippen LogP contribution >= 0.6 is 0 Å². The minimum atomic E-state index is -3.40. The number of nitrogens with one attached hydrogen (secondary N) is 2. The Morgan fingerprint density at radius 3 is 2.35 bits per heavy atom. The van der Waals surface area contributed by atoms with Gasteiger partial charge in [0.1, 0.15) is 5.82 Å². The van der Waals surface area contributed by atoms with Crippen molar-refractivity contribution >= 4 is 21.7 Å². The van der Waals surface area contributed by atoms with E-state index in [1.807, 2.05) is 30.3 Å². The summed E-state index contributed by atoms with van der Waals surface area (Å²) in [4.78, 5) is 0. The van der Waals surface area contributed by atoms with Crippen LogP contribution in [-0.4, -0.2) is 30.4 Å². The lowest BCUT2D eigenvalue weighted by Crippen LogP contribution is -2.18. The summed E-state index contributed by atoms with van der Waals surface area (Å²) in [6.07, 6.45) is 3.60. The molecular formula is C16H20N4O2S. The molecule has 1 aliphatic carbocycles. The molecule has 0 saturated heterocycles. The zero-order chi connectivity index (χ0) is 16.1. The van der Waals surface area contributed by atoms with E-state index >= 15 is 0 Å². The monoisotopic (exact) mass is 332 g/mol. The fourth-order valence-electron chi connectivity index (χ4n) is 2.22.